The summed E-state index contributed by atoms with van der Waals surface area (Å²) < 4.78 is 0. The van der Waals surface area contributed by atoms with Gasteiger partial charge in [-0.25, -0.2) is 4.98 Å². The molecule has 0 aliphatic heterocycles. The smallest absolute Gasteiger partial charge is 0.165 e. The largest absolute Gasteiger partial charge is 0.340 e. The first-order chi connectivity index (χ1) is 8.31. The number of aromatic nitrogens is 2. The van der Waals surface area contributed by atoms with Crippen LogP contribution in [0.3, 0.4) is 0 Å². The third-order valence-corrected chi connectivity index (χ3v) is 3.77. The van der Waals surface area contributed by atoms with Crippen LogP contribution in [0.15, 0.2) is 41.8 Å². The Morgan fingerprint density at radius 2 is 2.24 bits per heavy atom. The molecule has 0 spiro atoms. The number of benzene rings is 1. The average molecular weight is 247 g/mol. The normalized spacial score (nSPS) is 12.6. The highest BCUT2D eigenvalue weighted by molar-refractivity contribution is 7.99. The minimum absolute atomic E-state index is 0.353. The van der Waals surface area contributed by atoms with E-state index in [0.29, 0.717) is 6.04 Å². The van der Waals surface area contributed by atoms with Gasteiger partial charge in [0.25, 0.3) is 0 Å². The van der Waals surface area contributed by atoms with Crippen molar-refractivity contribution in [2.75, 3.05) is 12.8 Å². The molecular formula is C13H17N3S. The summed E-state index contributed by atoms with van der Waals surface area (Å²) in [5.41, 5.74) is 2.68. The quantitative estimate of drug-likeness (QED) is 0.798. The fourth-order valence-electron chi connectivity index (χ4n) is 1.80. The maximum atomic E-state index is 4.22. The van der Waals surface area contributed by atoms with E-state index in [0.717, 1.165) is 10.9 Å². The number of rotatable bonds is 5. The van der Waals surface area contributed by atoms with Crippen LogP contribution in [-0.2, 0) is 0 Å². The van der Waals surface area contributed by atoms with Crippen molar-refractivity contribution in [3.05, 3.63) is 47.8 Å². The van der Waals surface area contributed by atoms with Crippen LogP contribution in [-0.4, -0.2) is 22.8 Å². The van der Waals surface area contributed by atoms with Crippen LogP contribution in [0.2, 0.25) is 0 Å². The molecule has 0 aliphatic carbocycles. The molecule has 2 rings (SSSR count). The highest BCUT2D eigenvalue weighted by atomic mass is 32.2. The molecule has 0 radical (unpaired) electrons. The van der Waals surface area contributed by atoms with Gasteiger partial charge in [0.15, 0.2) is 5.16 Å². The van der Waals surface area contributed by atoms with E-state index in [-0.39, 0.29) is 0 Å². The molecule has 3 nitrogen and oxygen atoms in total. The monoisotopic (exact) mass is 247 g/mol. The molecule has 0 saturated heterocycles. The molecule has 0 aliphatic rings. The van der Waals surface area contributed by atoms with Gasteiger partial charge in [-0.05, 0) is 25.1 Å². The number of hydrogen-bond acceptors (Lipinski definition) is 3. The maximum absolute atomic E-state index is 4.22. The summed E-state index contributed by atoms with van der Waals surface area (Å²) in [5.74, 6) is 0.967. The first kappa shape index (κ1) is 12.2. The second-order valence-electron chi connectivity index (χ2n) is 3.90. The van der Waals surface area contributed by atoms with Crippen LogP contribution >= 0.6 is 11.8 Å². The van der Waals surface area contributed by atoms with Crippen molar-refractivity contribution < 1.29 is 0 Å². The fourth-order valence-corrected chi connectivity index (χ4v) is 2.76. The van der Waals surface area contributed by atoms with Crippen LogP contribution in [0.25, 0.3) is 0 Å². The summed E-state index contributed by atoms with van der Waals surface area (Å²) in [4.78, 5) is 7.32. The van der Waals surface area contributed by atoms with Crippen molar-refractivity contribution in [1.82, 2.24) is 15.3 Å². The second-order valence-corrected chi connectivity index (χ2v) is 4.91. The number of aromatic amines is 1. The van der Waals surface area contributed by atoms with Gasteiger partial charge < -0.3 is 10.3 Å². The zero-order valence-electron chi connectivity index (χ0n) is 10.1. The number of H-pyrrole nitrogens is 1. The van der Waals surface area contributed by atoms with Gasteiger partial charge in [-0.15, -0.1) is 0 Å². The van der Waals surface area contributed by atoms with Crippen LogP contribution < -0.4 is 5.32 Å². The van der Waals surface area contributed by atoms with Crippen LogP contribution in [0.4, 0.5) is 0 Å². The Balaban J connectivity index is 2.04. The predicted octanol–water partition coefficient (Wildman–Crippen LogP) is 2.77. The number of imidazole rings is 1. The number of aryl methyl sites for hydroxylation is 1. The predicted molar refractivity (Wildman–Crippen MR) is 72.3 cm³/mol. The second kappa shape index (κ2) is 5.89. The Bertz CT molecular complexity index is 453. The zero-order chi connectivity index (χ0) is 12.1. The van der Waals surface area contributed by atoms with Crippen molar-refractivity contribution in [3.8, 4) is 0 Å². The molecule has 0 amide bonds. The van der Waals surface area contributed by atoms with Gasteiger partial charge in [0.05, 0.1) is 0 Å². The summed E-state index contributed by atoms with van der Waals surface area (Å²) in [6.07, 6.45) is 3.63. The lowest BCUT2D eigenvalue weighted by atomic mass is 10.0. The van der Waals surface area contributed by atoms with E-state index in [1.165, 1.54) is 11.1 Å². The molecule has 0 saturated carbocycles. The van der Waals surface area contributed by atoms with Crippen molar-refractivity contribution in [2.24, 2.45) is 0 Å². The summed E-state index contributed by atoms with van der Waals surface area (Å²) in [7, 11) is 2.00. The molecule has 0 fully saturated rings. The molecule has 1 unspecified atom stereocenters. The molecule has 1 atom stereocenters. The molecule has 2 aromatic rings. The molecule has 1 aromatic carbocycles. The number of nitrogens with zero attached hydrogens (tertiary/aromatic N) is 1. The molecule has 0 bridgehead atoms. The third kappa shape index (κ3) is 3.11. The topological polar surface area (TPSA) is 40.7 Å². The Labute approximate surface area is 106 Å². The standard InChI is InChI=1S/C13H17N3S/c1-10-5-3-4-6-11(10)12(14-2)9-17-13-15-7-8-16-13/h3-8,12,14H,9H2,1-2H3,(H,15,16). The van der Waals surface area contributed by atoms with Crippen molar-refractivity contribution >= 4 is 11.8 Å². The van der Waals surface area contributed by atoms with Crippen molar-refractivity contribution in [2.45, 2.75) is 18.1 Å². The molecule has 17 heavy (non-hydrogen) atoms. The lowest BCUT2D eigenvalue weighted by Crippen LogP contribution is -2.19. The fraction of sp³-hybridized carbons (Fsp3) is 0.308. The summed E-state index contributed by atoms with van der Waals surface area (Å²) in [6.45, 7) is 2.15. The Kier molecular flexibility index (Phi) is 4.23. The van der Waals surface area contributed by atoms with E-state index in [9.17, 15) is 0 Å². The summed E-state index contributed by atoms with van der Waals surface area (Å²) in [5, 5.41) is 4.33. The highest BCUT2D eigenvalue weighted by Gasteiger charge is 2.12. The van der Waals surface area contributed by atoms with Crippen LogP contribution in [0.5, 0.6) is 0 Å². The van der Waals surface area contributed by atoms with Crippen molar-refractivity contribution in [1.29, 1.82) is 0 Å². The van der Waals surface area contributed by atoms with Gasteiger partial charge in [0.2, 0.25) is 0 Å². The summed E-state index contributed by atoms with van der Waals surface area (Å²) in [6, 6.07) is 8.85. The maximum Gasteiger partial charge on any atom is 0.165 e. The summed E-state index contributed by atoms with van der Waals surface area (Å²) >= 11 is 1.73. The van der Waals surface area contributed by atoms with Gasteiger partial charge in [-0.3, -0.25) is 0 Å². The molecule has 2 N–H and O–H groups in total. The van der Waals surface area contributed by atoms with E-state index < -0.39 is 0 Å². The molecule has 4 heteroatoms. The van der Waals surface area contributed by atoms with Gasteiger partial charge in [-0.2, -0.15) is 0 Å². The van der Waals surface area contributed by atoms with Gasteiger partial charge >= 0.3 is 0 Å². The minimum atomic E-state index is 0.353. The van der Waals surface area contributed by atoms with Crippen LogP contribution in [0, 0.1) is 6.92 Å². The Morgan fingerprint density at radius 3 is 2.88 bits per heavy atom. The third-order valence-electron chi connectivity index (χ3n) is 2.77. The van der Waals surface area contributed by atoms with Gasteiger partial charge in [0, 0.05) is 24.2 Å². The molecular weight excluding hydrogens is 230 g/mol. The lowest BCUT2D eigenvalue weighted by molar-refractivity contribution is 0.657. The SMILES string of the molecule is CNC(CSc1ncc[nH]1)c1ccccc1C. The zero-order valence-corrected chi connectivity index (χ0v) is 10.9. The van der Waals surface area contributed by atoms with E-state index in [4.69, 9.17) is 0 Å². The number of hydrogen-bond donors (Lipinski definition) is 2. The Hall–Kier alpha value is -1.26. The van der Waals surface area contributed by atoms with Crippen molar-refractivity contribution in [3.63, 3.8) is 0 Å². The van der Waals surface area contributed by atoms with E-state index in [1.807, 2.05) is 13.2 Å². The van der Waals surface area contributed by atoms with E-state index in [2.05, 4.69) is 46.5 Å². The number of nitrogens with one attached hydrogen (secondary N) is 2. The molecule has 1 heterocycles. The van der Waals surface area contributed by atoms with E-state index in [1.54, 1.807) is 18.0 Å². The minimum Gasteiger partial charge on any atom is -0.340 e. The molecule has 90 valence electrons. The van der Waals surface area contributed by atoms with E-state index >= 15 is 0 Å². The molecule has 1 aromatic heterocycles. The number of thioether (sulfide) groups is 1. The first-order valence-electron chi connectivity index (χ1n) is 5.66. The van der Waals surface area contributed by atoms with Gasteiger partial charge in [-0.1, -0.05) is 36.0 Å². The highest BCUT2D eigenvalue weighted by Crippen LogP contribution is 2.23. The van der Waals surface area contributed by atoms with Gasteiger partial charge in [0.1, 0.15) is 0 Å². The first-order valence-corrected chi connectivity index (χ1v) is 6.65. The Morgan fingerprint density at radius 1 is 1.41 bits per heavy atom. The lowest BCUT2D eigenvalue weighted by Gasteiger charge is -2.17. The average Bonchev–Trinajstić information content (AvgIpc) is 2.85. The van der Waals surface area contributed by atoms with Crippen LogP contribution in [0.1, 0.15) is 17.2 Å².